The summed E-state index contributed by atoms with van der Waals surface area (Å²) in [5, 5.41) is 2.74. The van der Waals surface area contributed by atoms with E-state index in [1.165, 1.54) is 0 Å². The highest BCUT2D eigenvalue weighted by Crippen LogP contribution is 1.98. The fourth-order valence-corrected chi connectivity index (χ4v) is 1.79. The lowest BCUT2D eigenvalue weighted by Gasteiger charge is -2.28. The number of rotatable bonds is 3. The van der Waals surface area contributed by atoms with Crippen LogP contribution in [-0.2, 0) is 9.53 Å². The minimum absolute atomic E-state index is 0.0202. The first-order valence-electron chi connectivity index (χ1n) is 5.61. The van der Waals surface area contributed by atoms with Crippen molar-refractivity contribution < 1.29 is 9.53 Å². The van der Waals surface area contributed by atoms with Crippen molar-refractivity contribution >= 4 is 11.9 Å². The minimum Gasteiger partial charge on any atom is -0.379 e. The second kappa shape index (κ2) is 5.27. The Labute approximate surface area is 95.3 Å². The largest absolute Gasteiger partial charge is 0.379 e. The molecule has 0 saturated carbocycles. The Morgan fingerprint density at radius 2 is 2.25 bits per heavy atom. The minimum atomic E-state index is -0.0202. The molecule has 0 bridgehead atoms. The van der Waals surface area contributed by atoms with Crippen molar-refractivity contribution in [2.75, 3.05) is 53.0 Å². The summed E-state index contributed by atoms with van der Waals surface area (Å²) in [6.07, 6.45) is 0. The van der Waals surface area contributed by atoms with E-state index in [4.69, 9.17) is 4.74 Å². The molecular formula is C10H18N4O2. The SMILES string of the molecule is CN(CCN1CCOCC1)C1=NCC(=O)N1. The van der Waals surface area contributed by atoms with Crippen LogP contribution in [0.2, 0.25) is 0 Å². The standard InChI is InChI=1S/C10H18N4O2/c1-13(10-11-8-9(15)12-10)2-3-14-4-6-16-7-5-14/h2-8H2,1H3,(H,11,12,15). The van der Waals surface area contributed by atoms with Crippen molar-refractivity contribution in [2.24, 2.45) is 4.99 Å². The van der Waals surface area contributed by atoms with Crippen LogP contribution in [0.1, 0.15) is 0 Å². The first kappa shape index (κ1) is 11.3. The molecule has 6 nitrogen and oxygen atoms in total. The molecule has 90 valence electrons. The molecule has 2 rings (SSSR count). The van der Waals surface area contributed by atoms with Gasteiger partial charge in [-0.2, -0.15) is 0 Å². The Hall–Kier alpha value is -1.14. The van der Waals surface area contributed by atoms with Crippen molar-refractivity contribution in [1.29, 1.82) is 0 Å². The van der Waals surface area contributed by atoms with Crippen LogP contribution in [0.5, 0.6) is 0 Å². The molecule has 16 heavy (non-hydrogen) atoms. The summed E-state index contributed by atoms with van der Waals surface area (Å²) in [4.78, 5) is 19.4. The number of carbonyl (C=O) groups is 1. The number of guanidine groups is 1. The highest BCUT2D eigenvalue weighted by atomic mass is 16.5. The number of amides is 1. The molecule has 2 aliphatic heterocycles. The summed E-state index contributed by atoms with van der Waals surface area (Å²) >= 11 is 0. The highest BCUT2D eigenvalue weighted by molar-refractivity contribution is 6.02. The van der Waals surface area contributed by atoms with Gasteiger partial charge in [0.15, 0.2) is 0 Å². The van der Waals surface area contributed by atoms with E-state index >= 15 is 0 Å². The molecular weight excluding hydrogens is 208 g/mol. The van der Waals surface area contributed by atoms with Crippen molar-refractivity contribution in [3.63, 3.8) is 0 Å². The van der Waals surface area contributed by atoms with Crippen LogP contribution in [0.4, 0.5) is 0 Å². The van der Waals surface area contributed by atoms with Crippen LogP contribution in [0.25, 0.3) is 0 Å². The number of hydrogen-bond donors (Lipinski definition) is 1. The molecule has 1 amide bonds. The van der Waals surface area contributed by atoms with Gasteiger partial charge in [-0.1, -0.05) is 0 Å². The van der Waals surface area contributed by atoms with E-state index in [1.807, 2.05) is 11.9 Å². The van der Waals surface area contributed by atoms with Gasteiger partial charge in [0.2, 0.25) is 11.9 Å². The van der Waals surface area contributed by atoms with Gasteiger partial charge < -0.3 is 9.64 Å². The quantitative estimate of drug-likeness (QED) is 0.652. The fourth-order valence-electron chi connectivity index (χ4n) is 1.79. The number of aliphatic imine (C=N–C) groups is 1. The Morgan fingerprint density at radius 3 is 2.88 bits per heavy atom. The van der Waals surface area contributed by atoms with Gasteiger partial charge in [-0.05, 0) is 0 Å². The van der Waals surface area contributed by atoms with Gasteiger partial charge in [-0.15, -0.1) is 0 Å². The third kappa shape index (κ3) is 2.93. The third-order valence-corrected chi connectivity index (χ3v) is 2.84. The molecule has 0 aromatic rings. The summed E-state index contributed by atoms with van der Waals surface area (Å²) in [6.45, 7) is 5.74. The Bertz CT molecular complexity index is 287. The van der Waals surface area contributed by atoms with Gasteiger partial charge in [0.25, 0.3) is 0 Å². The monoisotopic (exact) mass is 226 g/mol. The van der Waals surface area contributed by atoms with Crippen LogP contribution in [0.15, 0.2) is 4.99 Å². The van der Waals surface area contributed by atoms with Crippen LogP contribution in [0, 0.1) is 0 Å². The molecule has 0 spiro atoms. The molecule has 6 heteroatoms. The first-order valence-corrected chi connectivity index (χ1v) is 5.61. The maximum Gasteiger partial charge on any atom is 0.248 e. The number of likely N-dealkylation sites (N-methyl/N-ethyl adjacent to an activating group) is 1. The molecule has 0 aliphatic carbocycles. The lowest BCUT2D eigenvalue weighted by atomic mass is 10.4. The normalized spacial score (nSPS) is 21.8. The van der Waals surface area contributed by atoms with Gasteiger partial charge in [-0.3, -0.25) is 15.0 Å². The Balaban J connectivity index is 1.70. The van der Waals surface area contributed by atoms with E-state index in [-0.39, 0.29) is 12.5 Å². The van der Waals surface area contributed by atoms with E-state index < -0.39 is 0 Å². The highest BCUT2D eigenvalue weighted by Gasteiger charge is 2.17. The molecule has 2 aliphatic rings. The fraction of sp³-hybridized carbons (Fsp3) is 0.800. The molecule has 0 unspecified atom stereocenters. The summed E-state index contributed by atoms with van der Waals surface area (Å²) in [7, 11) is 1.95. The van der Waals surface area contributed by atoms with Gasteiger partial charge in [0.1, 0.15) is 6.54 Å². The number of morpholine rings is 1. The zero-order valence-electron chi connectivity index (χ0n) is 9.61. The molecule has 0 atom stereocenters. The third-order valence-electron chi connectivity index (χ3n) is 2.84. The van der Waals surface area contributed by atoms with E-state index in [1.54, 1.807) is 0 Å². The van der Waals surface area contributed by atoms with Gasteiger partial charge in [-0.25, -0.2) is 4.99 Å². The number of ether oxygens (including phenoxy) is 1. The van der Waals surface area contributed by atoms with E-state index in [0.717, 1.165) is 39.4 Å². The number of nitrogens with one attached hydrogen (secondary N) is 1. The van der Waals surface area contributed by atoms with Crippen molar-refractivity contribution in [1.82, 2.24) is 15.1 Å². The van der Waals surface area contributed by atoms with Crippen molar-refractivity contribution in [3.8, 4) is 0 Å². The van der Waals surface area contributed by atoms with E-state index in [0.29, 0.717) is 5.96 Å². The zero-order chi connectivity index (χ0) is 11.4. The van der Waals surface area contributed by atoms with Crippen LogP contribution in [0.3, 0.4) is 0 Å². The van der Waals surface area contributed by atoms with Crippen LogP contribution < -0.4 is 5.32 Å². The summed E-state index contributed by atoms with van der Waals surface area (Å²) in [6, 6.07) is 0. The topological polar surface area (TPSA) is 57.2 Å². The van der Waals surface area contributed by atoms with E-state index in [9.17, 15) is 4.79 Å². The number of nitrogens with zero attached hydrogens (tertiary/aromatic N) is 3. The van der Waals surface area contributed by atoms with Crippen LogP contribution in [-0.4, -0.2) is 74.7 Å². The Kier molecular flexibility index (Phi) is 3.74. The smallest absolute Gasteiger partial charge is 0.248 e. The predicted molar refractivity (Wildman–Crippen MR) is 60.3 cm³/mol. The second-order valence-electron chi connectivity index (χ2n) is 4.06. The van der Waals surface area contributed by atoms with Gasteiger partial charge in [0, 0.05) is 33.2 Å². The average Bonchev–Trinajstić information content (AvgIpc) is 2.74. The zero-order valence-corrected chi connectivity index (χ0v) is 9.61. The molecule has 1 N–H and O–H groups in total. The lowest BCUT2D eigenvalue weighted by molar-refractivity contribution is -0.117. The summed E-state index contributed by atoms with van der Waals surface area (Å²) in [5.74, 6) is 0.673. The molecule has 1 fully saturated rings. The molecule has 0 aromatic heterocycles. The van der Waals surface area contributed by atoms with Gasteiger partial charge in [0.05, 0.1) is 13.2 Å². The maximum absolute atomic E-state index is 11.0. The van der Waals surface area contributed by atoms with Crippen LogP contribution >= 0.6 is 0 Å². The lowest BCUT2D eigenvalue weighted by Crippen LogP contribution is -2.44. The predicted octanol–water partition coefficient (Wildman–Crippen LogP) is -1.26. The van der Waals surface area contributed by atoms with Crippen molar-refractivity contribution in [3.05, 3.63) is 0 Å². The molecule has 0 radical (unpaired) electrons. The average molecular weight is 226 g/mol. The summed E-state index contributed by atoms with van der Waals surface area (Å²) in [5.41, 5.74) is 0. The number of hydrogen-bond acceptors (Lipinski definition) is 5. The molecule has 2 heterocycles. The summed E-state index contributed by atoms with van der Waals surface area (Å²) < 4.78 is 5.28. The van der Waals surface area contributed by atoms with E-state index in [2.05, 4.69) is 15.2 Å². The molecule has 1 saturated heterocycles. The Morgan fingerprint density at radius 1 is 1.50 bits per heavy atom. The molecule has 0 aromatic carbocycles. The van der Waals surface area contributed by atoms with Crippen molar-refractivity contribution in [2.45, 2.75) is 0 Å². The van der Waals surface area contributed by atoms with Gasteiger partial charge >= 0.3 is 0 Å². The maximum atomic E-state index is 11.0. The first-order chi connectivity index (χ1) is 7.75. The number of carbonyl (C=O) groups excluding carboxylic acids is 1. The second-order valence-corrected chi connectivity index (χ2v) is 4.06.